The maximum Gasteiger partial charge on any atom is 0.326 e. The first-order chi connectivity index (χ1) is 14.5. The number of hydrogen-bond acceptors (Lipinski definition) is 4. The summed E-state index contributed by atoms with van der Waals surface area (Å²) in [4.78, 5) is 41.7. The lowest BCUT2D eigenvalue weighted by atomic mass is 9.82. The van der Waals surface area contributed by atoms with Gasteiger partial charge in [-0.25, -0.2) is 4.79 Å². The van der Waals surface area contributed by atoms with Gasteiger partial charge in [-0.2, -0.15) is 11.3 Å². The van der Waals surface area contributed by atoms with Crippen LogP contribution in [0.5, 0.6) is 0 Å². The van der Waals surface area contributed by atoms with E-state index in [4.69, 9.17) is 0 Å². The van der Waals surface area contributed by atoms with Crippen LogP contribution in [0.1, 0.15) is 16.7 Å². The zero-order chi connectivity index (χ0) is 21.1. The van der Waals surface area contributed by atoms with E-state index in [-0.39, 0.29) is 12.5 Å². The fourth-order valence-electron chi connectivity index (χ4n) is 3.65. The van der Waals surface area contributed by atoms with E-state index in [1.165, 1.54) is 4.90 Å². The van der Waals surface area contributed by atoms with Gasteiger partial charge in [0.25, 0.3) is 5.91 Å². The lowest BCUT2D eigenvalue weighted by Crippen LogP contribution is -2.46. The highest BCUT2D eigenvalue weighted by molar-refractivity contribution is 7.07. The molecule has 0 atom stereocenters. The second-order valence-corrected chi connectivity index (χ2v) is 7.96. The average molecular weight is 420 g/mol. The molecular formula is C23H21N3O3S. The predicted octanol–water partition coefficient (Wildman–Crippen LogP) is 3.20. The summed E-state index contributed by atoms with van der Waals surface area (Å²) in [7, 11) is 1.67. The Morgan fingerprint density at radius 2 is 1.60 bits per heavy atom. The zero-order valence-corrected chi connectivity index (χ0v) is 17.3. The number of nitrogens with one attached hydrogen (secondary N) is 1. The summed E-state index contributed by atoms with van der Waals surface area (Å²) in [5.41, 5.74) is 0.953. The summed E-state index contributed by atoms with van der Waals surface area (Å²) in [6, 6.07) is 19.6. The van der Waals surface area contributed by atoms with E-state index in [9.17, 15) is 14.4 Å². The van der Waals surface area contributed by atoms with Crippen LogP contribution in [0.15, 0.2) is 77.5 Å². The maximum absolute atomic E-state index is 13.6. The molecule has 2 aromatic carbocycles. The van der Waals surface area contributed by atoms with Gasteiger partial charge in [0.1, 0.15) is 6.54 Å². The van der Waals surface area contributed by atoms with Crippen molar-refractivity contribution in [2.45, 2.75) is 12.1 Å². The quantitative estimate of drug-likeness (QED) is 0.624. The monoisotopic (exact) mass is 419 g/mol. The minimum atomic E-state index is -1.36. The lowest BCUT2D eigenvalue weighted by Gasteiger charge is -2.28. The van der Waals surface area contributed by atoms with Crippen molar-refractivity contribution in [3.05, 3.63) is 94.2 Å². The highest BCUT2D eigenvalue weighted by atomic mass is 32.1. The number of carbonyl (C=O) groups is 3. The number of carbonyl (C=O) groups excluding carboxylic acids is 3. The van der Waals surface area contributed by atoms with E-state index < -0.39 is 17.5 Å². The van der Waals surface area contributed by atoms with E-state index in [1.54, 1.807) is 42.6 Å². The van der Waals surface area contributed by atoms with E-state index >= 15 is 0 Å². The summed E-state index contributed by atoms with van der Waals surface area (Å²) < 4.78 is 0. The Morgan fingerprint density at radius 1 is 1.00 bits per heavy atom. The molecule has 3 aromatic rings. The van der Waals surface area contributed by atoms with Crippen molar-refractivity contribution < 1.29 is 14.4 Å². The molecule has 4 amide bonds. The van der Waals surface area contributed by atoms with E-state index in [0.29, 0.717) is 17.7 Å². The molecule has 152 valence electrons. The van der Waals surface area contributed by atoms with Crippen molar-refractivity contribution in [2.24, 2.45) is 0 Å². The van der Waals surface area contributed by atoms with Crippen LogP contribution in [0.2, 0.25) is 0 Å². The van der Waals surface area contributed by atoms with Crippen LogP contribution < -0.4 is 5.32 Å². The first kappa shape index (κ1) is 19.8. The van der Waals surface area contributed by atoms with Crippen LogP contribution in [0.4, 0.5) is 4.79 Å². The Bertz CT molecular complexity index is 1010. The average Bonchev–Trinajstić information content (AvgIpc) is 3.37. The van der Waals surface area contributed by atoms with Gasteiger partial charge >= 0.3 is 6.03 Å². The van der Waals surface area contributed by atoms with Gasteiger partial charge < -0.3 is 10.2 Å². The highest BCUT2D eigenvalue weighted by Crippen LogP contribution is 2.35. The summed E-state index contributed by atoms with van der Waals surface area (Å²) in [5.74, 6) is -0.760. The number of rotatable bonds is 6. The molecule has 0 unspecified atom stereocenters. The molecule has 1 saturated heterocycles. The van der Waals surface area contributed by atoms with E-state index in [2.05, 4.69) is 5.32 Å². The van der Waals surface area contributed by atoms with Crippen LogP contribution in [-0.2, 0) is 21.7 Å². The third-order valence-electron chi connectivity index (χ3n) is 5.24. The Kier molecular flexibility index (Phi) is 5.37. The third-order valence-corrected chi connectivity index (χ3v) is 5.97. The predicted molar refractivity (Wildman–Crippen MR) is 115 cm³/mol. The van der Waals surface area contributed by atoms with Crippen molar-refractivity contribution in [1.82, 2.24) is 15.1 Å². The number of hydrogen-bond donors (Lipinski definition) is 1. The molecule has 0 radical (unpaired) electrons. The molecule has 1 aromatic heterocycles. The summed E-state index contributed by atoms with van der Waals surface area (Å²) in [6.45, 7) is 0.112. The second-order valence-electron chi connectivity index (χ2n) is 7.18. The topological polar surface area (TPSA) is 69.7 Å². The SMILES string of the molecule is CN(Cc1ccsc1)C(=O)CN1C(=O)NC(c2ccccc2)(c2ccccc2)C1=O. The number of thiophene rings is 1. The normalized spacial score (nSPS) is 15.2. The number of benzene rings is 2. The van der Waals surface area contributed by atoms with Crippen LogP contribution >= 0.6 is 11.3 Å². The molecule has 2 heterocycles. The largest absolute Gasteiger partial charge is 0.340 e. The van der Waals surface area contributed by atoms with Gasteiger partial charge in [-0.1, -0.05) is 60.7 Å². The molecule has 4 rings (SSSR count). The molecule has 1 aliphatic heterocycles. The smallest absolute Gasteiger partial charge is 0.326 e. The zero-order valence-electron chi connectivity index (χ0n) is 16.4. The fraction of sp³-hybridized carbons (Fsp3) is 0.174. The lowest BCUT2D eigenvalue weighted by molar-refractivity contribution is -0.138. The number of nitrogens with zero attached hydrogens (tertiary/aromatic N) is 2. The van der Waals surface area contributed by atoms with Gasteiger partial charge in [-0.3, -0.25) is 14.5 Å². The van der Waals surface area contributed by atoms with Crippen molar-refractivity contribution in [3.63, 3.8) is 0 Å². The number of imide groups is 1. The first-order valence-electron chi connectivity index (χ1n) is 9.52. The molecule has 0 aliphatic carbocycles. The Hall–Kier alpha value is -3.45. The Balaban J connectivity index is 1.63. The van der Waals surface area contributed by atoms with Crippen molar-refractivity contribution >= 4 is 29.2 Å². The molecule has 1 N–H and O–H groups in total. The molecular weight excluding hydrogens is 398 g/mol. The highest BCUT2D eigenvalue weighted by Gasteiger charge is 2.54. The minimum absolute atomic E-state index is 0.304. The Morgan fingerprint density at radius 3 is 2.13 bits per heavy atom. The van der Waals surface area contributed by atoms with Gasteiger partial charge in [0, 0.05) is 13.6 Å². The number of likely N-dealkylation sites (N-methyl/N-ethyl adjacent to an activating group) is 1. The van der Waals surface area contributed by atoms with E-state index in [0.717, 1.165) is 10.5 Å². The maximum atomic E-state index is 13.6. The summed E-state index contributed by atoms with van der Waals surface area (Å²) in [5, 5.41) is 6.77. The molecule has 0 spiro atoms. The Labute approximate surface area is 178 Å². The number of amides is 4. The van der Waals surface area contributed by atoms with Gasteiger partial charge in [-0.05, 0) is 33.5 Å². The molecule has 0 saturated carbocycles. The molecule has 1 aliphatic rings. The van der Waals surface area contributed by atoms with Crippen molar-refractivity contribution in [2.75, 3.05) is 13.6 Å². The molecule has 1 fully saturated rings. The standard InChI is InChI=1S/C23H21N3O3S/c1-25(14-17-12-13-30-16-17)20(27)15-26-21(28)23(24-22(26)29,18-8-4-2-5-9-18)19-10-6-3-7-11-19/h2-13,16H,14-15H2,1H3,(H,24,29). The van der Waals surface area contributed by atoms with Gasteiger partial charge in [0.15, 0.2) is 5.54 Å². The number of urea groups is 1. The molecule has 30 heavy (non-hydrogen) atoms. The third kappa shape index (κ3) is 3.48. The van der Waals surface area contributed by atoms with Crippen molar-refractivity contribution in [3.8, 4) is 0 Å². The second kappa shape index (κ2) is 8.12. The van der Waals surface area contributed by atoms with Gasteiger partial charge in [0.05, 0.1) is 0 Å². The van der Waals surface area contributed by atoms with Crippen LogP contribution in [0.25, 0.3) is 0 Å². The van der Waals surface area contributed by atoms with Crippen LogP contribution in [0.3, 0.4) is 0 Å². The van der Waals surface area contributed by atoms with Gasteiger partial charge in [0.2, 0.25) is 5.91 Å². The molecule has 0 bridgehead atoms. The summed E-state index contributed by atoms with van der Waals surface area (Å²) >= 11 is 1.56. The fourth-order valence-corrected chi connectivity index (χ4v) is 4.31. The summed E-state index contributed by atoms with van der Waals surface area (Å²) in [6.07, 6.45) is 0. The molecule has 7 heteroatoms. The van der Waals surface area contributed by atoms with Crippen LogP contribution in [0, 0.1) is 0 Å². The molecule has 6 nitrogen and oxygen atoms in total. The van der Waals surface area contributed by atoms with Crippen LogP contribution in [-0.4, -0.2) is 41.2 Å². The van der Waals surface area contributed by atoms with Gasteiger partial charge in [-0.15, -0.1) is 0 Å². The van der Waals surface area contributed by atoms with E-state index in [1.807, 2.05) is 53.2 Å². The minimum Gasteiger partial charge on any atom is -0.340 e. The first-order valence-corrected chi connectivity index (χ1v) is 10.5. The van der Waals surface area contributed by atoms with Crippen molar-refractivity contribution in [1.29, 1.82) is 0 Å².